The fourth-order valence-electron chi connectivity index (χ4n) is 0.475. The lowest BCUT2D eigenvalue weighted by atomic mass is 10.5. The maximum absolute atomic E-state index is 8.80. The third kappa shape index (κ3) is 1.05. The molecule has 1 aromatic rings. The molecule has 0 spiro atoms. The zero-order valence-electron chi connectivity index (χ0n) is 4.50. The quantitative estimate of drug-likeness (QED) is 0.412. The monoisotopic (exact) mass is 144 g/mol. The molecule has 0 atom stereocenters. The van der Waals surface area contributed by atoms with Gasteiger partial charge in [0.15, 0.2) is 5.49 Å². The van der Waals surface area contributed by atoms with E-state index in [0.717, 1.165) is 0 Å². The SMILES string of the molecule is N=c1cccc(Cl)n1O. The molecule has 48 valence electrons. The Hall–Kier alpha value is -0.960. The predicted octanol–water partition coefficient (Wildman–Crippen LogP) is 0.858. The fourth-order valence-corrected chi connectivity index (χ4v) is 0.639. The highest BCUT2D eigenvalue weighted by atomic mass is 35.5. The number of rotatable bonds is 0. The highest BCUT2D eigenvalue weighted by Gasteiger charge is 1.90. The number of nitrogens with zero attached hydrogens (tertiary/aromatic N) is 1. The zero-order valence-corrected chi connectivity index (χ0v) is 5.26. The largest absolute Gasteiger partial charge is 0.426 e. The predicted molar refractivity (Wildman–Crippen MR) is 32.5 cm³/mol. The van der Waals surface area contributed by atoms with Crippen LogP contribution >= 0.6 is 11.6 Å². The van der Waals surface area contributed by atoms with Gasteiger partial charge >= 0.3 is 0 Å². The van der Waals surface area contributed by atoms with Crippen LogP contribution in [0.4, 0.5) is 0 Å². The molecule has 0 aromatic carbocycles. The van der Waals surface area contributed by atoms with Gasteiger partial charge in [0.2, 0.25) is 0 Å². The Morgan fingerprint density at radius 3 is 2.67 bits per heavy atom. The highest BCUT2D eigenvalue weighted by molar-refractivity contribution is 6.29. The molecule has 0 unspecified atom stereocenters. The van der Waals surface area contributed by atoms with Crippen molar-refractivity contribution in [2.45, 2.75) is 0 Å². The summed E-state index contributed by atoms with van der Waals surface area (Å²) in [4.78, 5) is 0. The van der Waals surface area contributed by atoms with Crippen molar-refractivity contribution in [2.24, 2.45) is 0 Å². The molecule has 4 heteroatoms. The molecule has 9 heavy (non-hydrogen) atoms. The van der Waals surface area contributed by atoms with Crippen LogP contribution in [0.2, 0.25) is 5.15 Å². The average Bonchev–Trinajstić information content (AvgIpc) is 1.83. The molecule has 0 amide bonds. The summed E-state index contributed by atoms with van der Waals surface area (Å²) >= 11 is 5.41. The van der Waals surface area contributed by atoms with Crippen molar-refractivity contribution in [3.8, 4) is 0 Å². The second-order valence-corrected chi connectivity index (χ2v) is 1.93. The topological polar surface area (TPSA) is 49.0 Å². The number of hydrogen-bond donors (Lipinski definition) is 2. The van der Waals surface area contributed by atoms with Crippen molar-refractivity contribution in [3.05, 3.63) is 28.8 Å². The van der Waals surface area contributed by atoms with E-state index in [0.29, 0.717) is 4.73 Å². The van der Waals surface area contributed by atoms with Crippen molar-refractivity contribution in [1.82, 2.24) is 4.73 Å². The molecule has 1 heterocycles. The fraction of sp³-hybridized carbons (Fsp3) is 0. The van der Waals surface area contributed by atoms with Crippen molar-refractivity contribution >= 4 is 11.6 Å². The molecule has 0 radical (unpaired) electrons. The Bertz CT molecular complexity index is 268. The first-order valence-corrected chi connectivity index (χ1v) is 2.71. The summed E-state index contributed by atoms with van der Waals surface area (Å²) in [5.74, 6) is 0. The molecule has 1 aromatic heterocycles. The van der Waals surface area contributed by atoms with E-state index in [1.54, 1.807) is 6.07 Å². The van der Waals surface area contributed by atoms with Crippen LogP contribution in [-0.2, 0) is 0 Å². The van der Waals surface area contributed by atoms with Crippen LogP contribution in [0.5, 0.6) is 0 Å². The summed E-state index contributed by atoms with van der Waals surface area (Å²) < 4.78 is 0.599. The molecule has 0 saturated carbocycles. The van der Waals surface area contributed by atoms with Crippen molar-refractivity contribution in [3.63, 3.8) is 0 Å². The van der Waals surface area contributed by atoms with Crippen LogP contribution in [0.15, 0.2) is 18.2 Å². The molecule has 0 aliphatic heterocycles. The molecular formula is C5H5ClN2O. The summed E-state index contributed by atoms with van der Waals surface area (Å²) in [5, 5.41) is 15.9. The van der Waals surface area contributed by atoms with E-state index in [9.17, 15) is 0 Å². The Labute approximate surface area is 56.6 Å². The van der Waals surface area contributed by atoms with Gasteiger partial charge in [0, 0.05) is 0 Å². The maximum atomic E-state index is 8.80. The molecule has 0 aliphatic carbocycles. The van der Waals surface area contributed by atoms with Crippen LogP contribution < -0.4 is 5.49 Å². The summed E-state index contributed by atoms with van der Waals surface area (Å²) in [7, 11) is 0. The number of halogens is 1. The molecule has 3 nitrogen and oxygen atoms in total. The molecule has 0 saturated heterocycles. The van der Waals surface area contributed by atoms with Gasteiger partial charge in [-0.2, -0.15) is 4.73 Å². The zero-order chi connectivity index (χ0) is 6.85. The third-order valence-corrected chi connectivity index (χ3v) is 1.20. The maximum Gasteiger partial charge on any atom is 0.162 e. The molecular weight excluding hydrogens is 140 g/mol. The lowest BCUT2D eigenvalue weighted by Gasteiger charge is -1.96. The minimum atomic E-state index is -0.0255. The summed E-state index contributed by atoms with van der Waals surface area (Å²) in [6.07, 6.45) is 0. The molecule has 0 bridgehead atoms. The number of hydrogen-bond acceptors (Lipinski definition) is 2. The molecule has 1 rings (SSSR count). The molecule has 2 N–H and O–H groups in total. The van der Waals surface area contributed by atoms with E-state index in [4.69, 9.17) is 22.2 Å². The Morgan fingerprint density at radius 2 is 2.22 bits per heavy atom. The Balaban J connectivity index is 3.43. The summed E-state index contributed by atoms with van der Waals surface area (Å²) in [5.41, 5.74) is -0.0255. The van der Waals surface area contributed by atoms with E-state index >= 15 is 0 Å². The lowest BCUT2D eigenvalue weighted by Crippen LogP contribution is -2.15. The normalized spacial score (nSPS) is 9.44. The highest BCUT2D eigenvalue weighted by Crippen LogP contribution is 1.99. The van der Waals surface area contributed by atoms with Gasteiger partial charge < -0.3 is 5.21 Å². The van der Waals surface area contributed by atoms with E-state index in [1.165, 1.54) is 12.1 Å². The second-order valence-electron chi connectivity index (χ2n) is 1.55. The van der Waals surface area contributed by atoms with Crippen LogP contribution in [0.1, 0.15) is 0 Å². The van der Waals surface area contributed by atoms with Gasteiger partial charge in [0.25, 0.3) is 0 Å². The smallest absolute Gasteiger partial charge is 0.162 e. The van der Waals surface area contributed by atoms with Gasteiger partial charge in [-0.25, -0.2) is 0 Å². The van der Waals surface area contributed by atoms with Crippen molar-refractivity contribution < 1.29 is 5.21 Å². The first kappa shape index (κ1) is 6.16. The number of nitrogens with one attached hydrogen (secondary N) is 1. The van der Waals surface area contributed by atoms with Gasteiger partial charge in [-0.1, -0.05) is 17.7 Å². The standard InChI is InChI=1S/C5H5ClN2O/c6-4-2-1-3-5(7)8(4)9/h1-3,7,9H. The first-order chi connectivity index (χ1) is 4.22. The third-order valence-electron chi connectivity index (χ3n) is 0.918. The van der Waals surface area contributed by atoms with E-state index in [-0.39, 0.29) is 10.6 Å². The molecule has 0 aliphatic rings. The Morgan fingerprint density at radius 1 is 1.56 bits per heavy atom. The van der Waals surface area contributed by atoms with Crippen LogP contribution in [0.25, 0.3) is 0 Å². The lowest BCUT2D eigenvalue weighted by molar-refractivity contribution is 0.171. The summed E-state index contributed by atoms with van der Waals surface area (Å²) in [6.45, 7) is 0. The first-order valence-electron chi connectivity index (χ1n) is 2.33. The second kappa shape index (κ2) is 2.11. The van der Waals surface area contributed by atoms with E-state index in [2.05, 4.69) is 0 Å². The van der Waals surface area contributed by atoms with Crippen LogP contribution in [-0.4, -0.2) is 9.94 Å². The van der Waals surface area contributed by atoms with Crippen molar-refractivity contribution in [2.75, 3.05) is 0 Å². The minimum absolute atomic E-state index is 0.0255. The van der Waals surface area contributed by atoms with Gasteiger partial charge in [-0.3, -0.25) is 5.41 Å². The minimum Gasteiger partial charge on any atom is -0.426 e. The van der Waals surface area contributed by atoms with Gasteiger partial charge in [0.05, 0.1) is 0 Å². The van der Waals surface area contributed by atoms with Crippen LogP contribution in [0, 0.1) is 5.41 Å². The Kier molecular flexibility index (Phi) is 1.44. The van der Waals surface area contributed by atoms with E-state index < -0.39 is 0 Å². The van der Waals surface area contributed by atoms with Crippen LogP contribution in [0.3, 0.4) is 0 Å². The van der Waals surface area contributed by atoms with Gasteiger partial charge in [-0.05, 0) is 12.1 Å². The van der Waals surface area contributed by atoms with Crippen molar-refractivity contribution in [1.29, 1.82) is 5.41 Å². The summed E-state index contributed by atoms with van der Waals surface area (Å²) in [6, 6.07) is 4.53. The van der Waals surface area contributed by atoms with Gasteiger partial charge in [-0.15, -0.1) is 0 Å². The number of pyridine rings is 1. The molecule has 0 fully saturated rings. The average molecular weight is 145 g/mol. The van der Waals surface area contributed by atoms with Gasteiger partial charge in [0.1, 0.15) is 5.15 Å². The number of aromatic nitrogens is 1. The van der Waals surface area contributed by atoms with E-state index in [1.807, 2.05) is 0 Å².